The number of carbonyl (C=O) groups excluding carboxylic acids is 2. The van der Waals surface area contributed by atoms with Crippen molar-refractivity contribution in [1.29, 1.82) is 0 Å². The second-order valence-electron chi connectivity index (χ2n) is 9.83. The van der Waals surface area contributed by atoms with E-state index < -0.39 is 0 Å². The van der Waals surface area contributed by atoms with Crippen LogP contribution in [0.1, 0.15) is 57.1 Å². The fourth-order valence-electron chi connectivity index (χ4n) is 5.78. The van der Waals surface area contributed by atoms with Crippen molar-refractivity contribution < 1.29 is 9.59 Å². The number of nitrogens with zero attached hydrogens (tertiary/aromatic N) is 2. The van der Waals surface area contributed by atoms with Gasteiger partial charge in [0.2, 0.25) is 5.91 Å². The number of nitrogens with one attached hydrogen (secondary N) is 2. The van der Waals surface area contributed by atoms with E-state index in [-0.39, 0.29) is 23.4 Å². The van der Waals surface area contributed by atoms with Crippen molar-refractivity contribution in [1.82, 2.24) is 14.8 Å². The fraction of sp³-hybridized carbons (Fsp3) is 0.500. The Labute approximate surface area is 194 Å². The third kappa shape index (κ3) is 4.54. The number of piperidine rings is 1. The van der Waals surface area contributed by atoms with Gasteiger partial charge >= 0.3 is 6.03 Å². The molecule has 0 unspecified atom stereocenters. The molecule has 2 aromatic rings. The number of pyridine rings is 1. The second kappa shape index (κ2) is 9.04. The predicted molar refractivity (Wildman–Crippen MR) is 128 cm³/mol. The van der Waals surface area contributed by atoms with E-state index in [1.54, 1.807) is 0 Å². The van der Waals surface area contributed by atoms with Crippen molar-refractivity contribution >= 4 is 17.6 Å². The van der Waals surface area contributed by atoms with Crippen molar-refractivity contribution in [3.63, 3.8) is 0 Å². The van der Waals surface area contributed by atoms with Gasteiger partial charge in [0.1, 0.15) is 0 Å². The van der Waals surface area contributed by atoms with Crippen LogP contribution in [0.3, 0.4) is 0 Å². The van der Waals surface area contributed by atoms with Crippen LogP contribution in [0.2, 0.25) is 0 Å². The normalized spacial score (nSPS) is 22.4. The highest BCUT2D eigenvalue weighted by Crippen LogP contribution is 2.36. The van der Waals surface area contributed by atoms with E-state index in [1.807, 2.05) is 39.8 Å². The van der Waals surface area contributed by atoms with E-state index in [2.05, 4.69) is 16.7 Å². The van der Waals surface area contributed by atoms with E-state index >= 15 is 0 Å². The number of benzene rings is 1. The number of rotatable bonds is 3. The first-order chi connectivity index (χ1) is 16.0. The van der Waals surface area contributed by atoms with Crippen LogP contribution < -0.4 is 16.2 Å². The summed E-state index contributed by atoms with van der Waals surface area (Å²) in [5.41, 5.74) is 3.28. The average Bonchev–Trinajstić information content (AvgIpc) is 2.81. The van der Waals surface area contributed by atoms with Gasteiger partial charge in [-0.1, -0.05) is 31.4 Å². The molecule has 5 rings (SSSR count). The Morgan fingerprint density at radius 2 is 1.70 bits per heavy atom. The van der Waals surface area contributed by atoms with Crippen LogP contribution in [-0.2, 0) is 11.3 Å². The molecule has 3 amide bonds. The molecule has 2 aliphatic heterocycles. The Bertz CT molecular complexity index is 1100. The van der Waals surface area contributed by atoms with Crippen LogP contribution in [0.15, 0.2) is 41.2 Å². The number of amides is 3. The van der Waals surface area contributed by atoms with Crippen LogP contribution in [0.4, 0.5) is 10.5 Å². The summed E-state index contributed by atoms with van der Waals surface area (Å²) in [6.45, 7) is 3.49. The first kappa shape index (κ1) is 21.7. The Balaban J connectivity index is 1.33. The minimum Gasteiger partial charge on any atom is -0.335 e. The Morgan fingerprint density at radius 1 is 0.939 bits per heavy atom. The highest BCUT2D eigenvalue weighted by atomic mass is 16.2. The van der Waals surface area contributed by atoms with E-state index in [0.717, 1.165) is 30.5 Å². The quantitative estimate of drug-likeness (QED) is 0.746. The topological polar surface area (TPSA) is 83.4 Å². The molecule has 0 radical (unpaired) electrons. The molecular weight excluding hydrogens is 416 g/mol. The molecule has 2 atom stereocenters. The lowest BCUT2D eigenvalue weighted by molar-refractivity contribution is -0.114. The molecule has 1 aromatic heterocycles. The number of anilines is 1. The molecule has 2 N–H and O–H groups in total. The monoisotopic (exact) mass is 448 g/mol. The molecule has 7 nitrogen and oxygen atoms in total. The SMILES string of the molecule is CC(=O)Nc1ccc(-c2ccc3n(c2=O)C[C@H]2C[C@@H]3CN(C(=O)NC3CCCCC3)C2)cc1. The number of carbonyl (C=O) groups is 2. The van der Waals surface area contributed by atoms with Crippen molar-refractivity contribution in [3.05, 3.63) is 52.4 Å². The molecular formula is C26H32N4O3. The minimum absolute atomic E-state index is 0.0228. The summed E-state index contributed by atoms with van der Waals surface area (Å²) in [5.74, 6) is 0.367. The zero-order chi connectivity index (χ0) is 22.9. The molecule has 1 saturated heterocycles. The van der Waals surface area contributed by atoms with Crippen molar-refractivity contribution in [2.24, 2.45) is 5.92 Å². The summed E-state index contributed by atoms with van der Waals surface area (Å²) >= 11 is 0. The van der Waals surface area contributed by atoms with Gasteiger partial charge in [0.25, 0.3) is 5.56 Å². The molecule has 2 bridgehead atoms. The lowest BCUT2D eigenvalue weighted by Crippen LogP contribution is -2.53. The predicted octanol–water partition coefficient (Wildman–Crippen LogP) is 3.94. The number of fused-ring (bicyclic) bond motifs is 4. The van der Waals surface area contributed by atoms with Crippen molar-refractivity contribution in [3.8, 4) is 11.1 Å². The largest absolute Gasteiger partial charge is 0.335 e. The maximum atomic E-state index is 13.4. The van der Waals surface area contributed by atoms with Gasteiger partial charge in [0.15, 0.2) is 0 Å². The zero-order valence-corrected chi connectivity index (χ0v) is 19.2. The first-order valence-corrected chi connectivity index (χ1v) is 12.1. The van der Waals surface area contributed by atoms with Gasteiger partial charge in [-0.3, -0.25) is 9.59 Å². The van der Waals surface area contributed by atoms with E-state index in [1.165, 1.54) is 26.2 Å². The van der Waals surface area contributed by atoms with Gasteiger partial charge in [-0.15, -0.1) is 0 Å². The minimum atomic E-state index is -0.121. The van der Waals surface area contributed by atoms with Gasteiger partial charge < -0.3 is 20.1 Å². The Kier molecular flexibility index (Phi) is 5.96. The maximum absolute atomic E-state index is 13.4. The van der Waals surface area contributed by atoms with Gasteiger partial charge in [0, 0.05) is 55.5 Å². The number of hydrogen-bond acceptors (Lipinski definition) is 3. The Morgan fingerprint density at radius 3 is 2.42 bits per heavy atom. The highest BCUT2D eigenvalue weighted by molar-refractivity contribution is 5.89. The molecule has 0 spiro atoms. The fourth-order valence-corrected chi connectivity index (χ4v) is 5.78. The van der Waals surface area contributed by atoms with Crippen LogP contribution in [0, 0.1) is 5.92 Å². The standard InChI is InChI=1S/C26H32N4O3/c1-17(31)27-22-9-7-19(8-10-22)23-11-12-24-20-13-18(15-30(24)25(23)32)14-29(16-20)26(33)28-21-5-3-2-4-6-21/h7-12,18,20-21H,2-6,13-16H2,1H3,(H,27,31)(H,28,33)/t18-,20+/m0/s1. The van der Waals surface area contributed by atoms with Crippen LogP contribution in [0.25, 0.3) is 11.1 Å². The van der Waals surface area contributed by atoms with Gasteiger partial charge in [0.05, 0.1) is 0 Å². The third-order valence-corrected chi connectivity index (χ3v) is 7.34. The Hall–Kier alpha value is -3.09. The van der Waals surface area contributed by atoms with Crippen LogP contribution in [0.5, 0.6) is 0 Å². The van der Waals surface area contributed by atoms with Crippen LogP contribution >= 0.6 is 0 Å². The average molecular weight is 449 g/mol. The summed E-state index contributed by atoms with van der Waals surface area (Å²) in [5, 5.41) is 6.01. The van der Waals surface area contributed by atoms with Gasteiger partial charge in [-0.25, -0.2) is 4.79 Å². The zero-order valence-electron chi connectivity index (χ0n) is 19.2. The molecule has 1 aliphatic carbocycles. The maximum Gasteiger partial charge on any atom is 0.317 e. The van der Waals surface area contributed by atoms with Crippen molar-refractivity contribution in [2.45, 2.75) is 64.0 Å². The van der Waals surface area contributed by atoms with E-state index in [0.29, 0.717) is 42.8 Å². The summed E-state index contributed by atoms with van der Waals surface area (Å²) in [7, 11) is 0. The first-order valence-electron chi connectivity index (χ1n) is 12.1. The summed E-state index contributed by atoms with van der Waals surface area (Å²) < 4.78 is 1.92. The smallest absolute Gasteiger partial charge is 0.317 e. The molecule has 33 heavy (non-hydrogen) atoms. The number of urea groups is 1. The molecule has 7 heteroatoms. The van der Waals surface area contributed by atoms with E-state index in [4.69, 9.17) is 0 Å². The lowest BCUT2D eigenvalue weighted by Gasteiger charge is -2.43. The molecule has 174 valence electrons. The van der Waals surface area contributed by atoms with Crippen LogP contribution in [-0.4, -0.2) is 40.5 Å². The van der Waals surface area contributed by atoms with E-state index in [9.17, 15) is 14.4 Å². The summed E-state index contributed by atoms with van der Waals surface area (Å²) in [4.78, 5) is 39.5. The molecule has 2 fully saturated rings. The van der Waals surface area contributed by atoms with Gasteiger partial charge in [-0.2, -0.15) is 0 Å². The lowest BCUT2D eigenvalue weighted by atomic mass is 9.83. The molecule has 3 aliphatic rings. The number of aromatic nitrogens is 1. The molecule has 1 aromatic carbocycles. The summed E-state index contributed by atoms with van der Waals surface area (Å²) in [6.07, 6.45) is 6.86. The number of likely N-dealkylation sites (tertiary alicyclic amines) is 1. The van der Waals surface area contributed by atoms with Crippen molar-refractivity contribution in [2.75, 3.05) is 18.4 Å². The molecule has 3 heterocycles. The number of hydrogen-bond donors (Lipinski definition) is 2. The highest BCUT2D eigenvalue weighted by Gasteiger charge is 2.37. The summed E-state index contributed by atoms with van der Waals surface area (Å²) in [6, 6.07) is 11.7. The molecule has 1 saturated carbocycles. The third-order valence-electron chi connectivity index (χ3n) is 7.34. The van der Waals surface area contributed by atoms with Gasteiger partial charge in [-0.05, 0) is 55.0 Å². The second-order valence-corrected chi connectivity index (χ2v) is 9.83.